The Morgan fingerprint density at radius 2 is 1.81 bits per heavy atom. The molecule has 1 aromatic carbocycles. The van der Waals surface area contributed by atoms with Crippen LogP contribution in [-0.2, 0) is 14.3 Å². The summed E-state index contributed by atoms with van der Waals surface area (Å²) < 4.78 is 5.44. The van der Waals surface area contributed by atoms with E-state index in [2.05, 4.69) is 49.2 Å². The van der Waals surface area contributed by atoms with Gasteiger partial charge >= 0.3 is 5.97 Å². The first-order valence-electron chi connectivity index (χ1n) is 11.6. The molecule has 1 aliphatic carbocycles. The van der Waals surface area contributed by atoms with Crippen LogP contribution in [0.4, 0.5) is 0 Å². The average Bonchev–Trinajstić information content (AvgIpc) is 2.77. The third-order valence-electron chi connectivity index (χ3n) is 6.64. The summed E-state index contributed by atoms with van der Waals surface area (Å²) in [6, 6.07) is 8.33. The van der Waals surface area contributed by atoms with Gasteiger partial charge in [0.25, 0.3) is 0 Å². The summed E-state index contributed by atoms with van der Waals surface area (Å²) in [6.07, 6.45) is 7.84. The molecule has 4 rings (SSSR count). The maximum Gasteiger partial charge on any atom is 0.336 e. The van der Waals surface area contributed by atoms with Gasteiger partial charge in [0.05, 0.1) is 23.8 Å². The fourth-order valence-corrected chi connectivity index (χ4v) is 5.23. The lowest BCUT2D eigenvalue weighted by Crippen LogP contribution is -2.44. The maximum absolute atomic E-state index is 13.4. The Morgan fingerprint density at radius 3 is 2.44 bits per heavy atom. The summed E-state index contributed by atoms with van der Waals surface area (Å²) in [5.41, 5.74) is 4.24. The second-order valence-corrected chi connectivity index (χ2v) is 9.65. The molecule has 3 atom stereocenters. The van der Waals surface area contributed by atoms with Crippen molar-refractivity contribution in [1.29, 1.82) is 0 Å². The van der Waals surface area contributed by atoms with Crippen LogP contribution in [0.15, 0.2) is 57.7 Å². The van der Waals surface area contributed by atoms with Gasteiger partial charge in [-0.2, -0.15) is 0 Å². The quantitative estimate of drug-likeness (QED) is 0.602. The highest BCUT2D eigenvalue weighted by Gasteiger charge is 2.47. The fraction of sp³-hybridized carbons (Fsp3) is 0.481. The smallest absolute Gasteiger partial charge is 0.336 e. The van der Waals surface area contributed by atoms with E-state index < -0.39 is 5.92 Å². The van der Waals surface area contributed by atoms with E-state index in [1.165, 1.54) is 5.56 Å². The standard InChI is InChI=1S/C27H32N2O3/c1-5-20-25(26(31)32-6-2)23(24-21(29-20)14-27(3,4)15-22(24)30)18-11-9-17(10-12-18)19-8-7-13-28-16-19/h7-13,19,23-24H,5-6,14-16H2,1-4H3. The Morgan fingerprint density at radius 1 is 1.09 bits per heavy atom. The monoisotopic (exact) mass is 432 g/mol. The largest absolute Gasteiger partial charge is 0.463 e. The SMILES string of the molecule is CCOC(=O)C1=C(CC)N=C2CC(C)(C)CC(=O)C2C1c1ccc(C2C=CC=NC2)cc1. The fourth-order valence-electron chi connectivity index (χ4n) is 5.23. The third kappa shape index (κ3) is 4.25. The molecule has 0 bridgehead atoms. The molecule has 32 heavy (non-hydrogen) atoms. The lowest BCUT2D eigenvalue weighted by Gasteiger charge is -2.41. The Balaban J connectivity index is 1.79. The molecule has 5 heteroatoms. The van der Waals surface area contributed by atoms with Crippen LogP contribution in [0.25, 0.3) is 0 Å². The summed E-state index contributed by atoms with van der Waals surface area (Å²) in [4.78, 5) is 35.7. The Labute approximate surface area is 190 Å². The molecule has 1 fully saturated rings. The van der Waals surface area contributed by atoms with E-state index in [0.717, 1.165) is 29.9 Å². The predicted molar refractivity (Wildman–Crippen MR) is 127 cm³/mol. The van der Waals surface area contributed by atoms with Crippen LogP contribution in [0.5, 0.6) is 0 Å². The number of allylic oxidation sites excluding steroid dienone is 2. The average molecular weight is 433 g/mol. The molecule has 1 aromatic rings. The molecule has 3 unspecified atom stereocenters. The zero-order valence-corrected chi connectivity index (χ0v) is 19.4. The van der Waals surface area contributed by atoms with E-state index in [1.54, 1.807) is 6.92 Å². The zero-order valence-electron chi connectivity index (χ0n) is 19.4. The maximum atomic E-state index is 13.4. The number of ether oxygens (including phenoxy) is 1. The van der Waals surface area contributed by atoms with Crippen LogP contribution < -0.4 is 0 Å². The van der Waals surface area contributed by atoms with Crippen molar-refractivity contribution in [3.63, 3.8) is 0 Å². The molecule has 0 radical (unpaired) electrons. The van der Waals surface area contributed by atoms with Crippen molar-refractivity contribution in [2.45, 2.75) is 58.8 Å². The molecule has 2 heterocycles. The van der Waals surface area contributed by atoms with E-state index >= 15 is 0 Å². The van der Waals surface area contributed by atoms with Crippen molar-refractivity contribution in [2.75, 3.05) is 13.2 Å². The van der Waals surface area contributed by atoms with Gasteiger partial charge in [-0.3, -0.25) is 14.8 Å². The molecule has 0 aromatic heterocycles. The van der Waals surface area contributed by atoms with Gasteiger partial charge in [0, 0.05) is 36.7 Å². The second-order valence-electron chi connectivity index (χ2n) is 9.65. The molecule has 0 N–H and O–H groups in total. The number of fused-ring (bicyclic) bond motifs is 1. The normalized spacial score (nSPS) is 26.6. The van der Waals surface area contributed by atoms with E-state index in [-0.39, 0.29) is 29.0 Å². The zero-order chi connectivity index (χ0) is 22.9. The molecule has 1 saturated carbocycles. The van der Waals surface area contributed by atoms with Gasteiger partial charge < -0.3 is 4.74 Å². The number of nitrogens with zero attached hydrogens (tertiary/aromatic N) is 2. The molecule has 0 spiro atoms. The van der Waals surface area contributed by atoms with Gasteiger partial charge in [0.1, 0.15) is 5.78 Å². The minimum atomic E-state index is -0.400. The molecule has 168 valence electrons. The Bertz CT molecular complexity index is 1030. The number of ketones is 1. The van der Waals surface area contributed by atoms with Crippen molar-refractivity contribution in [3.05, 3.63) is 58.8 Å². The van der Waals surface area contributed by atoms with E-state index in [4.69, 9.17) is 9.73 Å². The van der Waals surface area contributed by atoms with Crippen LogP contribution >= 0.6 is 0 Å². The van der Waals surface area contributed by atoms with Gasteiger partial charge in [0.2, 0.25) is 0 Å². The highest BCUT2D eigenvalue weighted by Crippen LogP contribution is 2.47. The molecule has 2 aliphatic heterocycles. The van der Waals surface area contributed by atoms with Gasteiger partial charge in [-0.15, -0.1) is 0 Å². The van der Waals surface area contributed by atoms with Crippen LogP contribution in [0.2, 0.25) is 0 Å². The number of hydrogen-bond donors (Lipinski definition) is 0. The molecule has 3 aliphatic rings. The number of aliphatic imine (C=N–C) groups is 2. The number of rotatable bonds is 5. The lowest BCUT2D eigenvalue weighted by atomic mass is 9.63. The third-order valence-corrected chi connectivity index (χ3v) is 6.64. The highest BCUT2D eigenvalue weighted by atomic mass is 16.5. The van der Waals surface area contributed by atoms with Gasteiger partial charge in [0.15, 0.2) is 0 Å². The topological polar surface area (TPSA) is 68.1 Å². The first-order valence-corrected chi connectivity index (χ1v) is 11.6. The first-order chi connectivity index (χ1) is 15.3. The second kappa shape index (κ2) is 8.97. The van der Waals surface area contributed by atoms with Crippen LogP contribution in [-0.4, -0.2) is 36.8 Å². The summed E-state index contributed by atoms with van der Waals surface area (Å²) in [5.74, 6) is -0.697. The van der Waals surface area contributed by atoms with Gasteiger partial charge in [-0.1, -0.05) is 51.1 Å². The predicted octanol–water partition coefficient (Wildman–Crippen LogP) is 5.18. The molecule has 5 nitrogen and oxygen atoms in total. The number of carbonyl (C=O) groups excluding carboxylic acids is 2. The first kappa shape index (κ1) is 22.4. The van der Waals surface area contributed by atoms with E-state index in [1.807, 2.05) is 19.2 Å². The van der Waals surface area contributed by atoms with Gasteiger partial charge in [-0.05, 0) is 42.4 Å². The summed E-state index contributed by atoms with van der Waals surface area (Å²) in [6.45, 7) is 9.07. The summed E-state index contributed by atoms with van der Waals surface area (Å²) >= 11 is 0. The number of esters is 1. The number of Topliss-reactive ketones (excluding diaryl/α,β-unsaturated/α-hetero) is 1. The number of dihydropyridines is 1. The Kier molecular flexibility index (Phi) is 6.27. The molecule has 0 saturated heterocycles. The lowest BCUT2D eigenvalue weighted by molar-refractivity contribution is -0.139. The van der Waals surface area contributed by atoms with Crippen LogP contribution in [0, 0.1) is 11.3 Å². The van der Waals surface area contributed by atoms with Crippen LogP contribution in [0.1, 0.15) is 69.9 Å². The van der Waals surface area contributed by atoms with E-state index in [0.29, 0.717) is 25.0 Å². The number of carbonyl (C=O) groups is 2. The summed E-state index contributed by atoms with van der Waals surface area (Å²) in [5, 5.41) is 0. The number of hydrogen-bond acceptors (Lipinski definition) is 5. The highest BCUT2D eigenvalue weighted by molar-refractivity contribution is 6.12. The Hall–Kier alpha value is -2.82. The van der Waals surface area contributed by atoms with Crippen molar-refractivity contribution in [2.24, 2.45) is 21.3 Å². The summed E-state index contributed by atoms with van der Waals surface area (Å²) in [7, 11) is 0. The molecular weight excluding hydrogens is 400 g/mol. The van der Waals surface area contributed by atoms with E-state index in [9.17, 15) is 9.59 Å². The number of benzene rings is 1. The molecular formula is C27H32N2O3. The van der Waals surface area contributed by atoms with Gasteiger partial charge in [-0.25, -0.2) is 4.79 Å². The van der Waals surface area contributed by atoms with Crippen LogP contribution in [0.3, 0.4) is 0 Å². The van der Waals surface area contributed by atoms with Crippen molar-refractivity contribution < 1.29 is 14.3 Å². The minimum absolute atomic E-state index is 0.116. The molecule has 0 amide bonds. The van der Waals surface area contributed by atoms with Crippen molar-refractivity contribution in [1.82, 2.24) is 0 Å². The minimum Gasteiger partial charge on any atom is -0.463 e. The van der Waals surface area contributed by atoms with Crippen molar-refractivity contribution >= 4 is 23.7 Å². The van der Waals surface area contributed by atoms with Crippen molar-refractivity contribution in [3.8, 4) is 0 Å².